The highest BCUT2D eigenvalue weighted by Gasteiger charge is 2.30. The summed E-state index contributed by atoms with van der Waals surface area (Å²) in [6.45, 7) is 2.52. The molecule has 1 fully saturated rings. The summed E-state index contributed by atoms with van der Waals surface area (Å²) in [6.07, 6.45) is 0.534. The lowest BCUT2D eigenvalue weighted by Gasteiger charge is -2.13. The predicted molar refractivity (Wildman–Crippen MR) is 104 cm³/mol. The number of amides is 2. The zero-order valence-electron chi connectivity index (χ0n) is 15.2. The first-order chi connectivity index (χ1) is 13.0. The topological polar surface area (TPSA) is 105 Å². The molecular weight excluding hydrogens is 344 g/mol. The fraction of sp³-hybridized carbons (Fsp3) is 0.300. The van der Waals surface area contributed by atoms with Gasteiger partial charge in [-0.3, -0.25) is 9.59 Å². The summed E-state index contributed by atoms with van der Waals surface area (Å²) >= 11 is 0. The van der Waals surface area contributed by atoms with Gasteiger partial charge >= 0.3 is 0 Å². The Morgan fingerprint density at radius 2 is 1.74 bits per heavy atom. The summed E-state index contributed by atoms with van der Waals surface area (Å²) < 4.78 is 5.78. The molecule has 0 spiro atoms. The van der Waals surface area contributed by atoms with Gasteiger partial charge in [0.2, 0.25) is 11.8 Å². The van der Waals surface area contributed by atoms with E-state index < -0.39 is 0 Å². The Balaban J connectivity index is 1.51. The third-order valence-electron chi connectivity index (χ3n) is 4.38. The normalized spacial score (nSPS) is 18.7. The quantitative estimate of drug-likeness (QED) is 0.619. The molecule has 2 atom stereocenters. The number of nitrogens with one attached hydrogen (secondary N) is 3. The van der Waals surface area contributed by atoms with Crippen LogP contribution in [0.4, 0.5) is 5.69 Å². The number of hydrogen-bond acceptors (Lipinski definition) is 5. The first kappa shape index (κ1) is 18.9. The number of benzene rings is 2. The van der Waals surface area contributed by atoms with Crippen LogP contribution in [0.1, 0.15) is 12.0 Å². The smallest absolute Gasteiger partial charge is 0.241 e. The molecule has 0 bridgehead atoms. The third kappa shape index (κ3) is 5.29. The monoisotopic (exact) mass is 368 g/mol. The Morgan fingerprint density at radius 3 is 2.37 bits per heavy atom. The average Bonchev–Trinajstić information content (AvgIpc) is 3.13. The fourth-order valence-corrected chi connectivity index (χ4v) is 2.91. The second-order valence-corrected chi connectivity index (χ2v) is 6.59. The molecule has 2 aromatic carbocycles. The van der Waals surface area contributed by atoms with Crippen LogP contribution < -0.4 is 26.4 Å². The molecule has 1 heterocycles. The van der Waals surface area contributed by atoms with Crippen molar-refractivity contribution in [2.75, 3.05) is 18.4 Å². The van der Waals surface area contributed by atoms with Crippen LogP contribution in [0.2, 0.25) is 0 Å². The number of hydrogen-bond donors (Lipinski definition) is 4. The Labute approximate surface area is 158 Å². The van der Waals surface area contributed by atoms with E-state index in [1.165, 1.54) is 5.56 Å². The molecule has 142 valence electrons. The fourth-order valence-electron chi connectivity index (χ4n) is 2.91. The van der Waals surface area contributed by atoms with E-state index in [0.717, 1.165) is 5.75 Å². The summed E-state index contributed by atoms with van der Waals surface area (Å²) in [7, 11) is 0. The Morgan fingerprint density at radius 1 is 1.11 bits per heavy atom. The predicted octanol–water partition coefficient (Wildman–Crippen LogP) is 1.53. The average molecular weight is 368 g/mol. The first-order valence-electron chi connectivity index (χ1n) is 8.92. The molecule has 2 unspecified atom stereocenters. The second-order valence-electron chi connectivity index (χ2n) is 6.59. The van der Waals surface area contributed by atoms with Crippen molar-refractivity contribution in [2.45, 2.75) is 25.4 Å². The van der Waals surface area contributed by atoms with Gasteiger partial charge in [-0.15, -0.1) is 0 Å². The highest BCUT2D eigenvalue weighted by atomic mass is 16.5. The Bertz CT molecular complexity index is 790. The minimum Gasteiger partial charge on any atom is -0.457 e. The van der Waals surface area contributed by atoms with Crippen molar-refractivity contribution < 1.29 is 14.3 Å². The highest BCUT2D eigenvalue weighted by Crippen LogP contribution is 2.23. The molecule has 3 rings (SSSR count). The van der Waals surface area contributed by atoms with E-state index in [9.17, 15) is 9.59 Å². The molecule has 7 nitrogen and oxygen atoms in total. The molecule has 0 aliphatic carbocycles. The van der Waals surface area contributed by atoms with Crippen LogP contribution in [0, 0.1) is 6.92 Å². The number of aryl methyl sites for hydroxylation is 1. The molecule has 2 amide bonds. The van der Waals surface area contributed by atoms with Crippen molar-refractivity contribution >= 4 is 17.5 Å². The lowest BCUT2D eigenvalue weighted by molar-refractivity contribution is -0.121. The SMILES string of the molecule is Cc1ccc(Oc2ccc(NC(=O)C3CC(NC(=O)CN)CN3)cc2)cc1. The van der Waals surface area contributed by atoms with Gasteiger partial charge in [0, 0.05) is 18.3 Å². The molecule has 7 heteroatoms. The van der Waals surface area contributed by atoms with Crippen LogP contribution in [-0.2, 0) is 9.59 Å². The van der Waals surface area contributed by atoms with E-state index in [0.29, 0.717) is 24.4 Å². The number of anilines is 1. The lowest BCUT2D eigenvalue weighted by Crippen LogP contribution is -2.39. The van der Waals surface area contributed by atoms with E-state index in [4.69, 9.17) is 10.5 Å². The molecule has 1 aliphatic rings. The van der Waals surface area contributed by atoms with Gasteiger partial charge in [0.05, 0.1) is 12.6 Å². The molecule has 5 N–H and O–H groups in total. The van der Waals surface area contributed by atoms with Crippen LogP contribution in [-0.4, -0.2) is 37.0 Å². The molecule has 0 radical (unpaired) electrons. The molecule has 2 aromatic rings. The summed E-state index contributed by atoms with van der Waals surface area (Å²) in [5.41, 5.74) is 7.15. The summed E-state index contributed by atoms with van der Waals surface area (Å²) in [5, 5.41) is 8.78. The van der Waals surface area contributed by atoms with Gasteiger partial charge in [0.25, 0.3) is 0 Å². The van der Waals surface area contributed by atoms with Crippen molar-refractivity contribution in [3.05, 3.63) is 54.1 Å². The van der Waals surface area contributed by atoms with Gasteiger partial charge in [-0.1, -0.05) is 17.7 Å². The van der Waals surface area contributed by atoms with Gasteiger partial charge in [-0.25, -0.2) is 0 Å². The van der Waals surface area contributed by atoms with Gasteiger partial charge < -0.3 is 26.4 Å². The van der Waals surface area contributed by atoms with Gasteiger partial charge in [0.15, 0.2) is 0 Å². The molecule has 1 aliphatic heterocycles. The van der Waals surface area contributed by atoms with E-state index in [1.54, 1.807) is 12.1 Å². The zero-order valence-corrected chi connectivity index (χ0v) is 15.2. The van der Waals surface area contributed by atoms with Crippen molar-refractivity contribution in [3.63, 3.8) is 0 Å². The maximum Gasteiger partial charge on any atom is 0.241 e. The molecule has 0 aromatic heterocycles. The van der Waals surface area contributed by atoms with Gasteiger partial charge in [0.1, 0.15) is 11.5 Å². The summed E-state index contributed by atoms with van der Waals surface area (Å²) in [4.78, 5) is 23.7. The summed E-state index contributed by atoms with van der Waals surface area (Å²) in [6, 6.07) is 14.6. The molecule has 0 saturated carbocycles. The number of nitrogens with two attached hydrogens (primary N) is 1. The van der Waals surface area contributed by atoms with Crippen LogP contribution in [0.5, 0.6) is 11.5 Å². The van der Waals surface area contributed by atoms with E-state index in [-0.39, 0.29) is 30.4 Å². The minimum atomic E-state index is -0.350. The van der Waals surface area contributed by atoms with Crippen molar-refractivity contribution in [3.8, 4) is 11.5 Å². The van der Waals surface area contributed by atoms with Crippen LogP contribution >= 0.6 is 0 Å². The van der Waals surface area contributed by atoms with Crippen LogP contribution in [0.25, 0.3) is 0 Å². The molecule has 1 saturated heterocycles. The van der Waals surface area contributed by atoms with Crippen LogP contribution in [0.3, 0.4) is 0 Å². The molecular formula is C20H24N4O3. The third-order valence-corrected chi connectivity index (χ3v) is 4.38. The van der Waals surface area contributed by atoms with Gasteiger partial charge in [-0.05, 0) is 49.7 Å². The maximum atomic E-state index is 12.4. The van der Waals surface area contributed by atoms with Crippen LogP contribution in [0.15, 0.2) is 48.5 Å². The maximum absolute atomic E-state index is 12.4. The standard InChI is InChI=1S/C20H24N4O3/c1-13-2-6-16(7-3-13)27-17-8-4-14(5-9-17)24-20(26)18-10-15(12-22-18)23-19(25)11-21/h2-9,15,18,22H,10-12,21H2,1H3,(H,23,25)(H,24,26). The van der Waals surface area contributed by atoms with Crippen molar-refractivity contribution in [1.29, 1.82) is 0 Å². The Kier molecular flexibility index (Phi) is 6.05. The van der Waals surface area contributed by atoms with Crippen molar-refractivity contribution in [1.82, 2.24) is 10.6 Å². The van der Waals surface area contributed by atoms with E-state index in [2.05, 4.69) is 16.0 Å². The second kappa shape index (κ2) is 8.66. The Hall–Kier alpha value is -2.90. The van der Waals surface area contributed by atoms with E-state index >= 15 is 0 Å². The number of carbonyl (C=O) groups is 2. The van der Waals surface area contributed by atoms with Gasteiger partial charge in [-0.2, -0.15) is 0 Å². The number of rotatable bonds is 6. The highest BCUT2D eigenvalue weighted by molar-refractivity contribution is 5.95. The lowest BCUT2D eigenvalue weighted by atomic mass is 10.1. The number of carbonyl (C=O) groups excluding carboxylic acids is 2. The molecule has 27 heavy (non-hydrogen) atoms. The summed E-state index contributed by atoms with van der Waals surface area (Å²) in [5.74, 6) is 1.11. The zero-order chi connectivity index (χ0) is 19.2. The minimum absolute atomic E-state index is 0.0512. The van der Waals surface area contributed by atoms with E-state index in [1.807, 2.05) is 43.3 Å². The number of ether oxygens (including phenoxy) is 1. The first-order valence-corrected chi connectivity index (χ1v) is 8.92. The van der Waals surface area contributed by atoms with Crippen molar-refractivity contribution in [2.24, 2.45) is 5.73 Å². The largest absolute Gasteiger partial charge is 0.457 e.